The maximum Gasteiger partial charge on any atom is 0.509 e. The van der Waals surface area contributed by atoms with Gasteiger partial charge in [-0.05, 0) is 69.1 Å². The second-order valence-electron chi connectivity index (χ2n) is 10.9. The normalized spacial score (nSPS) is 38.2. The lowest BCUT2D eigenvalue weighted by molar-refractivity contribution is -0.200. The Kier molecular flexibility index (Phi) is 7.38. The van der Waals surface area contributed by atoms with Gasteiger partial charge in [0.25, 0.3) is 0 Å². The van der Waals surface area contributed by atoms with Gasteiger partial charge in [-0.3, -0.25) is 4.79 Å². The van der Waals surface area contributed by atoms with Gasteiger partial charge < -0.3 is 24.1 Å². The van der Waals surface area contributed by atoms with Crippen molar-refractivity contribution in [3.05, 3.63) is 36.0 Å². The molecule has 7 atom stereocenters. The fourth-order valence-electron chi connectivity index (χ4n) is 7.60. The van der Waals surface area contributed by atoms with Crippen molar-refractivity contribution < 1.29 is 43.2 Å². The highest BCUT2D eigenvalue weighted by molar-refractivity contribution is 6.01. The van der Waals surface area contributed by atoms with Gasteiger partial charge >= 0.3 is 18.1 Å². The van der Waals surface area contributed by atoms with E-state index < -0.39 is 40.6 Å². The summed E-state index contributed by atoms with van der Waals surface area (Å²) >= 11 is 0. The van der Waals surface area contributed by atoms with Crippen molar-refractivity contribution in [2.24, 2.45) is 28.6 Å². The Bertz CT molecular complexity index is 1060. The molecule has 0 spiro atoms. The number of hydrogen-bond acceptors (Lipinski definition) is 9. The van der Waals surface area contributed by atoms with Gasteiger partial charge in [0.05, 0.1) is 19.8 Å². The molecule has 0 unspecified atom stereocenters. The molecule has 0 aromatic carbocycles. The highest BCUT2D eigenvalue weighted by Crippen LogP contribution is 2.68. The van der Waals surface area contributed by atoms with E-state index in [4.69, 9.17) is 14.2 Å². The van der Waals surface area contributed by atoms with E-state index in [-0.39, 0.29) is 49.6 Å². The summed E-state index contributed by atoms with van der Waals surface area (Å²) in [7, 11) is 1.24. The third-order valence-corrected chi connectivity index (χ3v) is 9.23. The molecule has 0 aromatic heterocycles. The zero-order valence-electron chi connectivity index (χ0n) is 21.9. The highest BCUT2D eigenvalue weighted by atomic mass is 16.7. The highest BCUT2D eigenvalue weighted by Gasteiger charge is 2.71. The Balaban J connectivity index is 1.66. The van der Waals surface area contributed by atoms with Gasteiger partial charge in [0.2, 0.25) is 5.60 Å². The van der Waals surface area contributed by atoms with E-state index in [9.17, 15) is 24.3 Å². The van der Waals surface area contributed by atoms with E-state index >= 15 is 0 Å². The number of aliphatic hydroxyl groups is 1. The van der Waals surface area contributed by atoms with Crippen LogP contribution in [0.3, 0.4) is 0 Å². The van der Waals surface area contributed by atoms with Crippen LogP contribution in [0.25, 0.3) is 0 Å². The minimum atomic E-state index is -1.65. The molecule has 1 N–H and O–H groups in total. The zero-order chi connectivity index (χ0) is 27.0. The SMILES string of the molecule is CCOC(=O)O[C@]1(C(=O)OC/C=C/C(=O)OC)CC[C@H]2[C@@H]3CCC4=CC(=O)C=C[C@]4(C)[C@H]3[C@@H](O)C[C@@]21C. The molecule has 9 nitrogen and oxygen atoms in total. The monoisotopic (exact) mass is 516 g/mol. The topological polar surface area (TPSA) is 125 Å². The van der Waals surface area contributed by atoms with Crippen molar-refractivity contribution in [2.75, 3.05) is 20.3 Å². The fraction of sp³-hybridized carbons (Fsp3) is 0.643. The molecule has 4 rings (SSSR count). The minimum absolute atomic E-state index is 0.0297. The molecule has 0 bridgehead atoms. The molecule has 9 heteroatoms. The van der Waals surface area contributed by atoms with Crippen LogP contribution in [-0.2, 0) is 33.3 Å². The lowest BCUT2D eigenvalue weighted by Crippen LogP contribution is -2.62. The molecular formula is C28H36O9. The summed E-state index contributed by atoms with van der Waals surface area (Å²) in [6, 6.07) is 0. The summed E-state index contributed by atoms with van der Waals surface area (Å²) < 4.78 is 20.9. The Morgan fingerprint density at radius 3 is 2.65 bits per heavy atom. The van der Waals surface area contributed by atoms with Crippen molar-refractivity contribution in [3.63, 3.8) is 0 Å². The number of allylic oxidation sites excluding steroid dienone is 4. The van der Waals surface area contributed by atoms with Crippen LogP contribution in [0.5, 0.6) is 0 Å². The van der Waals surface area contributed by atoms with Crippen LogP contribution in [0.2, 0.25) is 0 Å². The third kappa shape index (κ3) is 4.41. The van der Waals surface area contributed by atoms with Crippen molar-refractivity contribution in [2.45, 2.75) is 64.6 Å². The zero-order valence-corrected chi connectivity index (χ0v) is 21.9. The van der Waals surface area contributed by atoms with Gasteiger partial charge in [0.1, 0.15) is 6.61 Å². The Hall–Kier alpha value is -2.94. The van der Waals surface area contributed by atoms with Gasteiger partial charge in [-0.15, -0.1) is 0 Å². The molecule has 37 heavy (non-hydrogen) atoms. The Morgan fingerprint density at radius 2 is 1.95 bits per heavy atom. The van der Waals surface area contributed by atoms with Crippen LogP contribution in [0.1, 0.15) is 52.9 Å². The molecular weight excluding hydrogens is 480 g/mol. The summed E-state index contributed by atoms with van der Waals surface area (Å²) in [5.41, 5.74) is -1.98. The average Bonchev–Trinajstić information content (AvgIpc) is 3.14. The van der Waals surface area contributed by atoms with Crippen molar-refractivity contribution in [3.8, 4) is 0 Å². The van der Waals surface area contributed by atoms with Gasteiger partial charge in [-0.25, -0.2) is 14.4 Å². The molecule has 0 heterocycles. The van der Waals surface area contributed by atoms with Crippen LogP contribution in [0, 0.1) is 28.6 Å². The number of aliphatic hydroxyl groups excluding tert-OH is 1. The van der Waals surface area contributed by atoms with Crippen LogP contribution >= 0.6 is 0 Å². The van der Waals surface area contributed by atoms with E-state index in [1.54, 1.807) is 19.1 Å². The number of hydrogen-bond donors (Lipinski definition) is 1. The lowest BCUT2D eigenvalue weighted by atomic mass is 9.46. The van der Waals surface area contributed by atoms with Crippen LogP contribution < -0.4 is 0 Å². The summed E-state index contributed by atoms with van der Waals surface area (Å²) in [5.74, 6) is -1.46. The first-order valence-electron chi connectivity index (χ1n) is 12.9. The second-order valence-corrected chi connectivity index (χ2v) is 10.9. The van der Waals surface area contributed by atoms with Gasteiger partial charge in [-0.2, -0.15) is 0 Å². The number of ether oxygens (including phenoxy) is 4. The van der Waals surface area contributed by atoms with Crippen LogP contribution in [0.4, 0.5) is 4.79 Å². The quantitative estimate of drug-likeness (QED) is 0.321. The largest absolute Gasteiger partial charge is 0.509 e. The van der Waals surface area contributed by atoms with E-state index in [1.165, 1.54) is 13.2 Å². The number of ketones is 1. The first-order chi connectivity index (χ1) is 17.5. The molecule has 4 aliphatic rings. The molecule has 0 radical (unpaired) electrons. The van der Waals surface area contributed by atoms with E-state index in [0.29, 0.717) is 6.42 Å². The van der Waals surface area contributed by atoms with Crippen molar-refractivity contribution in [1.82, 2.24) is 0 Å². The third-order valence-electron chi connectivity index (χ3n) is 9.23. The van der Waals surface area contributed by atoms with E-state index in [0.717, 1.165) is 24.5 Å². The summed E-state index contributed by atoms with van der Waals surface area (Å²) in [6.07, 6.45) is 8.48. The number of methoxy groups -OCH3 is 1. The van der Waals surface area contributed by atoms with Gasteiger partial charge in [-0.1, -0.05) is 25.5 Å². The molecule has 3 fully saturated rings. The number of esters is 2. The van der Waals surface area contributed by atoms with Crippen LogP contribution in [-0.4, -0.2) is 61.0 Å². The molecule has 0 aliphatic heterocycles. The molecule has 0 aromatic rings. The predicted octanol–water partition coefficient (Wildman–Crippen LogP) is 3.45. The summed E-state index contributed by atoms with van der Waals surface area (Å²) in [4.78, 5) is 49.6. The number of fused-ring (bicyclic) bond motifs is 5. The summed E-state index contributed by atoms with van der Waals surface area (Å²) in [5, 5.41) is 11.6. The van der Waals surface area contributed by atoms with Crippen LogP contribution in [0.15, 0.2) is 36.0 Å². The minimum Gasteiger partial charge on any atom is -0.466 e. The first-order valence-corrected chi connectivity index (χ1v) is 12.9. The fourth-order valence-corrected chi connectivity index (χ4v) is 7.60. The molecule has 4 aliphatic carbocycles. The molecule has 202 valence electrons. The average molecular weight is 517 g/mol. The van der Waals surface area contributed by atoms with E-state index in [1.807, 2.05) is 13.0 Å². The Labute approximate surface area is 216 Å². The van der Waals surface area contributed by atoms with Gasteiger partial charge in [0, 0.05) is 22.8 Å². The van der Waals surface area contributed by atoms with Crippen molar-refractivity contribution >= 4 is 23.9 Å². The second kappa shape index (κ2) is 10.1. The van der Waals surface area contributed by atoms with Gasteiger partial charge in [0.15, 0.2) is 5.78 Å². The molecule has 0 amide bonds. The lowest BCUT2D eigenvalue weighted by Gasteiger charge is -2.59. The number of carbonyl (C=O) groups excluding carboxylic acids is 4. The maximum atomic E-state index is 13.6. The molecule has 3 saturated carbocycles. The number of carbonyl (C=O) groups is 4. The first kappa shape index (κ1) is 27.1. The Morgan fingerprint density at radius 1 is 1.19 bits per heavy atom. The maximum absolute atomic E-state index is 13.6. The van der Waals surface area contributed by atoms with E-state index in [2.05, 4.69) is 11.7 Å². The number of rotatable bonds is 6. The standard InChI is InChI=1S/C28H36O9/c1-5-35-25(33)37-28(24(32)36-14-6-7-22(31)34-4)13-11-20-19-9-8-17-15-18(29)10-12-26(17,2)23(19)21(30)16-27(20,28)3/h6-7,10,12,15,19-21,23,30H,5,8-9,11,13-14,16H2,1-4H3/b7-6+/t19-,20-,21-,23+,26-,27-,28-/m0/s1. The summed E-state index contributed by atoms with van der Waals surface area (Å²) in [6.45, 7) is 5.49. The van der Waals surface area contributed by atoms with Crippen molar-refractivity contribution in [1.29, 1.82) is 0 Å². The predicted molar refractivity (Wildman–Crippen MR) is 131 cm³/mol. The molecule has 0 saturated heterocycles. The smallest absolute Gasteiger partial charge is 0.466 e.